The molecular formula is C18H21N3O3S2. The quantitative estimate of drug-likeness (QED) is 0.460. The molecule has 1 atom stereocenters. The molecular weight excluding hydrogens is 370 g/mol. The molecule has 3 rings (SSSR count). The highest BCUT2D eigenvalue weighted by atomic mass is 32.2. The van der Waals surface area contributed by atoms with E-state index in [1.165, 1.54) is 30.2 Å². The van der Waals surface area contributed by atoms with E-state index < -0.39 is 11.9 Å². The van der Waals surface area contributed by atoms with Crippen molar-refractivity contribution in [3.05, 3.63) is 49.6 Å². The molecule has 2 aromatic heterocycles. The third-order valence-electron chi connectivity index (χ3n) is 4.01. The highest BCUT2D eigenvalue weighted by Gasteiger charge is 2.36. The number of allylic oxidation sites excluding steroid dienone is 1. The fraction of sp³-hybridized carbons (Fsp3) is 0.389. The van der Waals surface area contributed by atoms with E-state index in [4.69, 9.17) is 4.74 Å². The van der Waals surface area contributed by atoms with E-state index in [0.717, 1.165) is 10.6 Å². The van der Waals surface area contributed by atoms with Gasteiger partial charge in [-0.05, 0) is 24.3 Å². The molecule has 3 heterocycles. The first kappa shape index (κ1) is 18.7. The number of thiophene rings is 1. The Kier molecular flexibility index (Phi) is 5.52. The van der Waals surface area contributed by atoms with Crippen molar-refractivity contribution in [2.75, 3.05) is 18.2 Å². The number of aromatic amines is 1. The number of nitrogens with zero attached hydrogens (tertiary/aromatic N) is 1. The predicted octanol–water partition coefficient (Wildman–Crippen LogP) is 3.58. The number of aromatic nitrogens is 2. The Morgan fingerprint density at radius 2 is 2.23 bits per heavy atom. The topological polar surface area (TPSA) is 84.1 Å². The number of rotatable bonds is 5. The van der Waals surface area contributed by atoms with Gasteiger partial charge in [-0.3, -0.25) is 4.79 Å². The SMILES string of the molecule is COC(=O)C1=C(C)Nc2nc(SCC(C)C)[nH]c(=O)c2[C@@H]1c1cccs1. The van der Waals surface area contributed by atoms with Gasteiger partial charge in [0.25, 0.3) is 5.56 Å². The molecule has 0 aromatic carbocycles. The van der Waals surface area contributed by atoms with Gasteiger partial charge in [-0.25, -0.2) is 9.78 Å². The lowest BCUT2D eigenvalue weighted by Crippen LogP contribution is -2.30. The van der Waals surface area contributed by atoms with Gasteiger partial charge in [-0.2, -0.15) is 0 Å². The molecule has 0 amide bonds. The first-order valence-electron chi connectivity index (χ1n) is 8.28. The number of methoxy groups -OCH3 is 1. The second-order valence-electron chi connectivity index (χ2n) is 6.44. The molecule has 0 bridgehead atoms. The van der Waals surface area contributed by atoms with E-state index in [0.29, 0.717) is 33.7 Å². The summed E-state index contributed by atoms with van der Waals surface area (Å²) < 4.78 is 4.96. The van der Waals surface area contributed by atoms with E-state index in [1.54, 1.807) is 6.92 Å². The first-order chi connectivity index (χ1) is 12.4. The number of fused-ring (bicyclic) bond motifs is 1. The van der Waals surface area contributed by atoms with Crippen LogP contribution >= 0.6 is 23.1 Å². The average molecular weight is 392 g/mol. The fourth-order valence-electron chi connectivity index (χ4n) is 2.87. The molecule has 0 saturated carbocycles. The standard InChI is InChI=1S/C18H21N3O3S2/c1-9(2)8-26-18-20-15-14(16(22)21-18)13(11-6-5-7-25-11)12(10(3)19-15)17(23)24-4/h5-7,9,13H,8H2,1-4H3,(H2,19,20,21,22)/t13-/m1/s1. The minimum Gasteiger partial charge on any atom is -0.466 e. The normalized spacial score (nSPS) is 16.4. The third kappa shape index (κ3) is 3.57. The number of carbonyl (C=O) groups is 1. The van der Waals surface area contributed by atoms with Crippen LogP contribution in [0.4, 0.5) is 5.82 Å². The van der Waals surface area contributed by atoms with Gasteiger partial charge < -0.3 is 15.0 Å². The highest BCUT2D eigenvalue weighted by molar-refractivity contribution is 7.99. The lowest BCUT2D eigenvalue weighted by molar-refractivity contribution is -0.136. The third-order valence-corrected chi connectivity index (χ3v) is 6.24. The summed E-state index contributed by atoms with van der Waals surface area (Å²) in [7, 11) is 1.34. The van der Waals surface area contributed by atoms with E-state index in [1.807, 2.05) is 17.5 Å². The zero-order valence-corrected chi connectivity index (χ0v) is 16.7. The van der Waals surface area contributed by atoms with E-state index in [9.17, 15) is 9.59 Å². The van der Waals surface area contributed by atoms with Gasteiger partial charge in [-0.1, -0.05) is 31.7 Å². The Bertz CT molecular complexity index is 901. The summed E-state index contributed by atoms with van der Waals surface area (Å²) in [6.07, 6.45) is 0. The van der Waals surface area contributed by atoms with Crippen LogP contribution < -0.4 is 10.9 Å². The lowest BCUT2D eigenvalue weighted by atomic mass is 9.86. The number of carbonyl (C=O) groups excluding carboxylic acids is 1. The molecule has 0 saturated heterocycles. The Balaban J connectivity index is 2.13. The number of anilines is 1. The molecule has 26 heavy (non-hydrogen) atoms. The van der Waals surface area contributed by atoms with Crippen molar-refractivity contribution in [2.45, 2.75) is 31.8 Å². The summed E-state index contributed by atoms with van der Waals surface area (Å²) in [5.41, 5.74) is 1.31. The summed E-state index contributed by atoms with van der Waals surface area (Å²) in [5.74, 6) is 0.915. The zero-order chi connectivity index (χ0) is 18.8. The Hall–Kier alpha value is -2.06. The van der Waals surface area contributed by atoms with Crippen LogP contribution in [0.2, 0.25) is 0 Å². The molecule has 1 aliphatic rings. The molecule has 0 spiro atoms. The van der Waals surface area contributed by atoms with Crippen molar-refractivity contribution in [1.82, 2.24) is 9.97 Å². The fourth-order valence-corrected chi connectivity index (χ4v) is 4.52. The van der Waals surface area contributed by atoms with Gasteiger partial charge in [0.1, 0.15) is 5.82 Å². The molecule has 1 aliphatic heterocycles. The molecule has 0 fully saturated rings. The first-order valence-corrected chi connectivity index (χ1v) is 10.2. The number of hydrogen-bond acceptors (Lipinski definition) is 7. The smallest absolute Gasteiger partial charge is 0.336 e. The minimum atomic E-state index is -0.487. The largest absolute Gasteiger partial charge is 0.466 e. The molecule has 6 nitrogen and oxygen atoms in total. The van der Waals surface area contributed by atoms with Crippen LogP contribution in [0.3, 0.4) is 0 Å². The van der Waals surface area contributed by atoms with Gasteiger partial charge in [0, 0.05) is 16.3 Å². The number of hydrogen-bond donors (Lipinski definition) is 2. The van der Waals surface area contributed by atoms with Gasteiger partial charge in [0.15, 0.2) is 5.16 Å². The second kappa shape index (κ2) is 7.67. The molecule has 2 N–H and O–H groups in total. The van der Waals surface area contributed by atoms with Gasteiger partial charge in [-0.15, -0.1) is 11.3 Å². The van der Waals surface area contributed by atoms with Crippen LogP contribution in [0.1, 0.15) is 37.1 Å². The van der Waals surface area contributed by atoms with Crippen LogP contribution in [0, 0.1) is 5.92 Å². The van der Waals surface area contributed by atoms with Gasteiger partial charge >= 0.3 is 5.97 Å². The highest BCUT2D eigenvalue weighted by Crippen LogP contribution is 2.41. The summed E-state index contributed by atoms with van der Waals surface area (Å²) >= 11 is 3.01. The Labute approximate surface area is 160 Å². The van der Waals surface area contributed by atoms with Crippen LogP contribution in [0.25, 0.3) is 0 Å². The van der Waals surface area contributed by atoms with E-state index >= 15 is 0 Å². The van der Waals surface area contributed by atoms with Crippen LogP contribution in [-0.2, 0) is 9.53 Å². The van der Waals surface area contributed by atoms with Crippen molar-refractivity contribution >= 4 is 34.9 Å². The number of esters is 1. The van der Waals surface area contributed by atoms with Crippen molar-refractivity contribution in [2.24, 2.45) is 5.92 Å². The van der Waals surface area contributed by atoms with Gasteiger partial charge in [0.2, 0.25) is 0 Å². The Morgan fingerprint density at radius 3 is 2.85 bits per heavy atom. The molecule has 0 unspecified atom stereocenters. The number of ether oxygens (including phenoxy) is 1. The molecule has 2 aromatic rings. The Morgan fingerprint density at radius 1 is 1.46 bits per heavy atom. The second-order valence-corrected chi connectivity index (χ2v) is 8.43. The maximum absolute atomic E-state index is 12.9. The molecule has 8 heteroatoms. The van der Waals surface area contributed by atoms with E-state index in [-0.39, 0.29) is 5.56 Å². The van der Waals surface area contributed by atoms with Gasteiger partial charge in [0.05, 0.1) is 24.2 Å². The maximum atomic E-state index is 12.9. The zero-order valence-electron chi connectivity index (χ0n) is 15.1. The number of thioether (sulfide) groups is 1. The summed E-state index contributed by atoms with van der Waals surface area (Å²) in [6, 6.07) is 3.82. The number of nitrogens with one attached hydrogen (secondary N) is 2. The molecule has 0 radical (unpaired) electrons. The summed E-state index contributed by atoms with van der Waals surface area (Å²) in [4.78, 5) is 33.6. The van der Waals surface area contributed by atoms with Crippen molar-refractivity contribution in [3.8, 4) is 0 Å². The summed E-state index contributed by atoms with van der Waals surface area (Å²) in [5, 5.41) is 5.63. The predicted molar refractivity (Wildman–Crippen MR) is 105 cm³/mol. The minimum absolute atomic E-state index is 0.235. The monoisotopic (exact) mass is 391 g/mol. The summed E-state index contributed by atoms with van der Waals surface area (Å²) in [6.45, 7) is 6.04. The van der Waals surface area contributed by atoms with Crippen LogP contribution in [0.15, 0.2) is 38.7 Å². The maximum Gasteiger partial charge on any atom is 0.336 e. The van der Waals surface area contributed by atoms with Crippen LogP contribution in [0.5, 0.6) is 0 Å². The molecule has 138 valence electrons. The van der Waals surface area contributed by atoms with E-state index in [2.05, 4.69) is 29.1 Å². The van der Waals surface area contributed by atoms with Crippen molar-refractivity contribution in [3.63, 3.8) is 0 Å². The van der Waals surface area contributed by atoms with Crippen LogP contribution in [-0.4, -0.2) is 28.8 Å². The van der Waals surface area contributed by atoms with Crippen molar-refractivity contribution in [1.29, 1.82) is 0 Å². The average Bonchev–Trinajstić information content (AvgIpc) is 3.12. The lowest BCUT2D eigenvalue weighted by Gasteiger charge is -2.27. The number of H-pyrrole nitrogens is 1. The molecule has 0 aliphatic carbocycles. The van der Waals surface area contributed by atoms with Crippen molar-refractivity contribution < 1.29 is 9.53 Å².